The van der Waals surface area contributed by atoms with Gasteiger partial charge in [-0.3, -0.25) is 0 Å². The van der Waals surface area contributed by atoms with Crippen molar-refractivity contribution in [1.82, 2.24) is 0 Å². The van der Waals surface area contributed by atoms with Gasteiger partial charge in [0.1, 0.15) is 0 Å². The fourth-order valence-corrected chi connectivity index (χ4v) is 9.57. The average Bonchev–Trinajstić information content (AvgIpc) is 3.78. The maximum Gasteiger partial charge on any atom is 0.0725 e. The molecule has 0 saturated carbocycles. The van der Waals surface area contributed by atoms with Crippen LogP contribution in [0.15, 0.2) is 201 Å². The Hall–Kier alpha value is -6.50. The van der Waals surface area contributed by atoms with E-state index in [0.717, 1.165) is 6.42 Å². The third-order valence-corrected chi connectivity index (χ3v) is 12.0. The van der Waals surface area contributed by atoms with Crippen LogP contribution in [0.5, 0.6) is 0 Å². The van der Waals surface area contributed by atoms with Gasteiger partial charge in [0.05, 0.1) is 5.41 Å². The van der Waals surface area contributed by atoms with Crippen LogP contribution < -0.4 is 0 Å². The molecular weight excluding hydrogens is 721 g/mol. The van der Waals surface area contributed by atoms with Crippen molar-refractivity contribution in [3.05, 3.63) is 240 Å². The van der Waals surface area contributed by atoms with E-state index in [-0.39, 0.29) is 5.41 Å². The third-order valence-electron chi connectivity index (χ3n) is 12.0. The minimum absolute atomic E-state index is 0.319. The van der Waals surface area contributed by atoms with Gasteiger partial charge < -0.3 is 0 Å². The molecule has 0 nitrogen and oxygen atoms in total. The first kappa shape index (κ1) is 41.7. The smallest absolute Gasteiger partial charge is 0.0725 e. The van der Waals surface area contributed by atoms with E-state index in [1.165, 1.54) is 94.2 Å². The summed E-state index contributed by atoms with van der Waals surface area (Å²) in [7, 11) is 0. The highest BCUT2D eigenvalue weighted by molar-refractivity contribution is 6.01. The van der Waals surface area contributed by atoms with Crippen molar-refractivity contribution >= 4 is 10.8 Å². The molecule has 1 spiro atoms. The number of hydrogen-bond acceptors (Lipinski definition) is 0. The molecule has 0 aromatic heterocycles. The predicted molar refractivity (Wildman–Crippen MR) is 262 cm³/mol. The number of aryl methyl sites for hydroxylation is 1. The molecule has 1 unspecified atom stereocenters. The van der Waals surface area contributed by atoms with Crippen LogP contribution in [-0.2, 0) is 11.8 Å². The zero-order chi connectivity index (χ0) is 42.2. The molecule has 0 heterocycles. The first-order chi connectivity index (χ1) is 29.5. The number of fused-ring (bicyclic) bond motifs is 15. The first-order valence-corrected chi connectivity index (χ1v) is 21.9. The fraction of sp³-hybridized carbons (Fsp3) is 0.167. The summed E-state index contributed by atoms with van der Waals surface area (Å²) in [5.74, 6) is 0.497. The first-order valence-electron chi connectivity index (χ1n) is 21.9. The molecule has 0 radical (unpaired) electrons. The maximum atomic E-state index is 3.46. The fourth-order valence-electron chi connectivity index (χ4n) is 9.57. The number of benzene rings is 8. The summed E-state index contributed by atoms with van der Waals surface area (Å²) < 4.78 is 0. The van der Waals surface area contributed by atoms with Gasteiger partial charge in [-0.2, -0.15) is 0 Å². The lowest BCUT2D eigenvalue weighted by atomic mass is 9.70. The highest BCUT2D eigenvalue weighted by Gasteiger charge is 2.51. The summed E-state index contributed by atoms with van der Waals surface area (Å²) in [4.78, 5) is 0. The Balaban J connectivity index is 0.000000293. The Kier molecular flexibility index (Phi) is 12.9. The number of hydrogen-bond donors (Lipinski definition) is 0. The lowest BCUT2D eigenvalue weighted by Crippen LogP contribution is -2.25. The number of rotatable bonds is 2. The van der Waals surface area contributed by atoms with Crippen molar-refractivity contribution in [1.29, 1.82) is 0 Å². The Labute approximate surface area is 359 Å². The monoisotopic (exact) mass is 778 g/mol. The van der Waals surface area contributed by atoms with E-state index >= 15 is 0 Å². The molecule has 3 aliphatic carbocycles. The van der Waals surface area contributed by atoms with E-state index in [0.29, 0.717) is 5.92 Å². The normalized spacial score (nSPS) is 13.8. The SMILES string of the molecule is C=C/C=C\C.CC.CC.CC1Cc2ccc3ccccc3c2-c2cc(-c3ccc4c(c3)C3(c5ccccc5-c5ccccc53)c3ccccc3-4)ccc21.Cc1ccccc1. The topological polar surface area (TPSA) is 0 Å². The second-order valence-corrected chi connectivity index (χ2v) is 15.3. The molecule has 3 aliphatic rings. The molecule has 0 heteroatoms. The van der Waals surface area contributed by atoms with Crippen LogP contribution >= 0.6 is 0 Å². The quantitative estimate of drug-likeness (QED) is 0.153. The van der Waals surface area contributed by atoms with Crippen LogP contribution in [0.4, 0.5) is 0 Å². The van der Waals surface area contributed by atoms with Crippen molar-refractivity contribution in [2.75, 3.05) is 0 Å². The van der Waals surface area contributed by atoms with Crippen molar-refractivity contribution in [3.63, 3.8) is 0 Å². The van der Waals surface area contributed by atoms with Gasteiger partial charge in [-0.15, -0.1) is 0 Å². The van der Waals surface area contributed by atoms with E-state index < -0.39 is 0 Å². The highest BCUT2D eigenvalue weighted by Crippen LogP contribution is 2.63. The van der Waals surface area contributed by atoms with Gasteiger partial charge in [-0.1, -0.05) is 229 Å². The van der Waals surface area contributed by atoms with E-state index in [9.17, 15) is 0 Å². The van der Waals surface area contributed by atoms with Gasteiger partial charge >= 0.3 is 0 Å². The lowest BCUT2D eigenvalue weighted by Gasteiger charge is -2.31. The van der Waals surface area contributed by atoms with Crippen molar-refractivity contribution < 1.29 is 0 Å². The second kappa shape index (κ2) is 18.6. The van der Waals surface area contributed by atoms with Crippen molar-refractivity contribution in [3.8, 4) is 44.5 Å². The molecule has 11 rings (SSSR count). The van der Waals surface area contributed by atoms with Gasteiger partial charge in [-0.25, -0.2) is 0 Å². The van der Waals surface area contributed by atoms with Gasteiger partial charge in [0.2, 0.25) is 0 Å². The summed E-state index contributed by atoms with van der Waals surface area (Å²) in [6.07, 6.45) is 6.66. The van der Waals surface area contributed by atoms with Gasteiger partial charge in [-0.05, 0) is 127 Å². The van der Waals surface area contributed by atoms with Crippen LogP contribution in [0, 0.1) is 6.92 Å². The molecule has 8 aromatic rings. The lowest BCUT2D eigenvalue weighted by molar-refractivity contribution is 0.750. The van der Waals surface area contributed by atoms with Gasteiger partial charge in [0.25, 0.3) is 0 Å². The molecular formula is C60H58. The minimum Gasteiger partial charge on any atom is -0.0991 e. The average molecular weight is 779 g/mol. The molecule has 8 aromatic carbocycles. The summed E-state index contributed by atoms with van der Waals surface area (Å²) >= 11 is 0. The highest BCUT2D eigenvalue weighted by atomic mass is 14.5. The minimum atomic E-state index is -0.319. The molecule has 0 saturated heterocycles. The molecule has 0 N–H and O–H groups in total. The van der Waals surface area contributed by atoms with Crippen LogP contribution in [0.2, 0.25) is 0 Å². The molecule has 298 valence electrons. The van der Waals surface area contributed by atoms with E-state index in [1.54, 1.807) is 6.08 Å². The predicted octanol–water partition coefficient (Wildman–Crippen LogP) is 17.0. The summed E-state index contributed by atoms with van der Waals surface area (Å²) in [6.45, 7) is 17.9. The molecule has 0 amide bonds. The Morgan fingerprint density at radius 2 is 1.03 bits per heavy atom. The summed E-state index contributed by atoms with van der Waals surface area (Å²) in [6, 6.07) is 65.4. The van der Waals surface area contributed by atoms with E-state index in [1.807, 2.05) is 65.0 Å². The van der Waals surface area contributed by atoms with Gasteiger partial charge in [0.15, 0.2) is 0 Å². The maximum absolute atomic E-state index is 3.46. The van der Waals surface area contributed by atoms with E-state index in [2.05, 4.69) is 178 Å². The van der Waals surface area contributed by atoms with Crippen molar-refractivity contribution in [2.45, 2.75) is 66.2 Å². The summed E-state index contributed by atoms with van der Waals surface area (Å²) in [5.41, 5.74) is 20.3. The largest absolute Gasteiger partial charge is 0.0991 e. The van der Waals surface area contributed by atoms with E-state index in [4.69, 9.17) is 0 Å². The van der Waals surface area contributed by atoms with Crippen LogP contribution in [0.25, 0.3) is 55.3 Å². The number of allylic oxidation sites excluding steroid dienone is 3. The van der Waals surface area contributed by atoms with Crippen LogP contribution in [-0.4, -0.2) is 0 Å². The summed E-state index contributed by atoms with van der Waals surface area (Å²) in [5, 5.41) is 2.67. The zero-order valence-corrected chi connectivity index (χ0v) is 36.5. The Bertz CT molecular complexity index is 2710. The van der Waals surface area contributed by atoms with Crippen molar-refractivity contribution in [2.24, 2.45) is 0 Å². The Morgan fingerprint density at radius 3 is 1.58 bits per heavy atom. The molecule has 1 atom stereocenters. The standard InChI is InChI=1S/C44H30.C7H8.C5H8.2C2H6/c1-27-24-31-19-18-28-10-2-3-11-33(28)43(31)38-25-29(20-22-32(27)38)30-21-23-37-36-14-6-9-17-41(36)44(42(37)26-30)39-15-7-4-12-34(39)35-13-5-8-16-40(35)44;1-7-5-3-2-4-6-7;1-3-5-4-2;2*1-2/h2-23,25-27H,24H2,1H3;2-6H,1H3;3-5H,1H2,2H3;2*1-2H3/b;;5-4-;;. The zero-order valence-electron chi connectivity index (χ0n) is 36.5. The Morgan fingerprint density at radius 1 is 0.517 bits per heavy atom. The molecule has 0 bridgehead atoms. The van der Waals surface area contributed by atoms with Crippen LogP contribution in [0.1, 0.15) is 86.4 Å². The van der Waals surface area contributed by atoms with Gasteiger partial charge in [0, 0.05) is 0 Å². The molecule has 0 fully saturated rings. The molecule has 0 aliphatic heterocycles. The second-order valence-electron chi connectivity index (χ2n) is 15.3. The van der Waals surface area contributed by atoms with Crippen LogP contribution in [0.3, 0.4) is 0 Å². The third kappa shape index (κ3) is 7.26. The molecule has 60 heavy (non-hydrogen) atoms.